The highest BCUT2D eigenvalue weighted by atomic mass is 35.5. The van der Waals surface area contributed by atoms with E-state index in [1.165, 1.54) is 6.20 Å². The van der Waals surface area contributed by atoms with Crippen LogP contribution in [-0.2, 0) is 4.79 Å². The molecule has 0 saturated heterocycles. The molecule has 1 aromatic rings. The van der Waals surface area contributed by atoms with Gasteiger partial charge in [0.2, 0.25) is 11.9 Å². The summed E-state index contributed by atoms with van der Waals surface area (Å²) in [4.78, 5) is 19.8. The van der Waals surface area contributed by atoms with Gasteiger partial charge in [-0.05, 0) is 13.3 Å². The third kappa shape index (κ3) is 4.03. The topological polar surface area (TPSA) is 78.9 Å². The maximum Gasteiger partial charge on any atom is 0.242 e. The molecular formula is C11H18ClN5O. The van der Waals surface area contributed by atoms with Crippen LogP contribution in [0.3, 0.4) is 0 Å². The lowest BCUT2D eigenvalue weighted by Crippen LogP contribution is -2.38. The summed E-state index contributed by atoms with van der Waals surface area (Å²) in [7, 11) is 1.71. The molecule has 100 valence electrons. The van der Waals surface area contributed by atoms with Gasteiger partial charge in [-0.25, -0.2) is 4.98 Å². The van der Waals surface area contributed by atoms with Gasteiger partial charge in [-0.15, -0.1) is 0 Å². The van der Waals surface area contributed by atoms with Gasteiger partial charge in [-0.2, -0.15) is 4.98 Å². The van der Waals surface area contributed by atoms with Gasteiger partial charge in [0.05, 0.1) is 6.20 Å². The Morgan fingerprint density at radius 3 is 2.89 bits per heavy atom. The number of carbonyl (C=O) groups is 1. The Bertz CT molecular complexity index is 412. The predicted octanol–water partition coefficient (Wildman–Crippen LogP) is 1.50. The van der Waals surface area contributed by atoms with Gasteiger partial charge in [0.25, 0.3) is 0 Å². The van der Waals surface area contributed by atoms with Gasteiger partial charge in [-0.3, -0.25) is 4.79 Å². The first-order valence-corrected chi connectivity index (χ1v) is 6.20. The maximum atomic E-state index is 11.7. The molecule has 0 aromatic carbocycles. The van der Waals surface area contributed by atoms with E-state index in [9.17, 15) is 4.79 Å². The van der Waals surface area contributed by atoms with Crippen LogP contribution < -0.4 is 16.0 Å². The first kappa shape index (κ1) is 14.5. The molecule has 1 aromatic heterocycles. The van der Waals surface area contributed by atoms with Gasteiger partial charge < -0.3 is 16.0 Å². The molecule has 0 saturated carbocycles. The lowest BCUT2D eigenvalue weighted by atomic mass is 10.3. The lowest BCUT2D eigenvalue weighted by Gasteiger charge is -2.15. The Hall–Kier alpha value is -1.56. The molecule has 0 aliphatic rings. The number of rotatable bonds is 6. The molecule has 1 atom stereocenters. The molecule has 0 bridgehead atoms. The minimum atomic E-state index is -0.409. The summed E-state index contributed by atoms with van der Waals surface area (Å²) in [5.74, 6) is 0.802. The summed E-state index contributed by atoms with van der Waals surface area (Å²) in [6, 6.07) is -0.409. The van der Waals surface area contributed by atoms with Crippen molar-refractivity contribution in [2.45, 2.75) is 26.3 Å². The van der Waals surface area contributed by atoms with Gasteiger partial charge >= 0.3 is 0 Å². The minimum absolute atomic E-state index is 0.0856. The van der Waals surface area contributed by atoms with Crippen molar-refractivity contribution in [3.8, 4) is 0 Å². The highest BCUT2D eigenvalue weighted by Crippen LogP contribution is 2.19. The second-order valence-electron chi connectivity index (χ2n) is 3.80. The standard InChI is InChI=1S/C11H18ClN5O/c1-4-5-14-10(18)7(2)16-9-8(12)6-15-11(13-3)17-9/h6-7H,4-5H2,1-3H3,(H,14,18)(H2,13,15,16,17). The van der Waals surface area contributed by atoms with Crippen molar-refractivity contribution in [3.05, 3.63) is 11.2 Å². The fourth-order valence-corrected chi connectivity index (χ4v) is 1.41. The predicted molar refractivity (Wildman–Crippen MR) is 73.0 cm³/mol. The van der Waals surface area contributed by atoms with Crippen LogP contribution in [0.2, 0.25) is 5.02 Å². The molecule has 1 amide bonds. The van der Waals surface area contributed by atoms with Crippen LogP contribution in [0.1, 0.15) is 20.3 Å². The van der Waals surface area contributed by atoms with Crippen molar-refractivity contribution >= 4 is 29.3 Å². The van der Waals surface area contributed by atoms with E-state index in [4.69, 9.17) is 11.6 Å². The zero-order valence-electron chi connectivity index (χ0n) is 10.7. The van der Waals surface area contributed by atoms with Crippen molar-refractivity contribution in [2.24, 2.45) is 0 Å². The van der Waals surface area contributed by atoms with E-state index in [2.05, 4.69) is 25.9 Å². The van der Waals surface area contributed by atoms with Crippen LogP contribution >= 0.6 is 11.6 Å². The molecule has 0 spiro atoms. The third-order valence-corrected chi connectivity index (χ3v) is 2.54. The molecule has 0 aliphatic carbocycles. The summed E-state index contributed by atoms with van der Waals surface area (Å²) in [5.41, 5.74) is 0. The molecule has 1 unspecified atom stereocenters. The van der Waals surface area contributed by atoms with E-state index >= 15 is 0 Å². The first-order chi connectivity index (χ1) is 8.58. The largest absolute Gasteiger partial charge is 0.357 e. The number of nitrogens with one attached hydrogen (secondary N) is 3. The number of amides is 1. The number of nitrogens with zero attached hydrogens (tertiary/aromatic N) is 2. The summed E-state index contributed by atoms with van der Waals surface area (Å²) >= 11 is 5.96. The zero-order chi connectivity index (χ0) is 13.5. The average Bonchev–Trinajstić information content (AvgIpc) is 2.38. The quantitative estimate of drug-likeness (QED) is 0.731. The molecule has 18 heavy (non-hydrogen) atoms. The van der Waals surface area contributed by atoms with Crippen LogP contribution in [0.15, 0.2) is 6.20 Å². The number of hydrogen-bond acceptors (Lipinski definition) is 5. The Morgan fingerprint density at radius 2 is 2.28 bits per heavy atom. The van der Waals surface area contributed by atoms with E-state index < -0.39 is 6.04 Å². The van der Waals surface area contributed by atoms with E-state index in [0.29, 0.717) is 23.3 Å². The second-order valence-corrected chi connectivity index (χ2v) is 4.20. The van der Waals surface area contributed by atoms with Crippen LogP contribution in [0.5, 0.6) is 0 Å². The number of halogens is 1. The summed E-state index contributed by atoms with van der Waals surface area (Å²) in [6.45, 7) is 4.41. The van der Waals surface area contributed by atoms with Crippen molar-refractivity contribution < 1.29 is 4.79 Å². The van der Waals surface area contributed by atoms with Crippen LogP contribution in [-0.4, -0.2) is 35.5 Å². The van der Waals surface area contributed by atoms with Crippen molar-refractivity contribution in [1.82, 2.24) is 15.3 Å². The van der Waals surface area contributed by atoms with E-state index in [0.717, 1.165) is 6.42 Å². The Morgan fingerprint density at radius 1 is 1.56 bits per heavy atom. The van der Waals surface area contributed by atoms with Crippen LogP contribution in [0.4, 0.5) is 11.8 Å². The number of hydrogen-bond donors (Lipinski definition) is 3. The Kier molecular flexibility index (Phi) is 5.64. The lowest BCUT2D eigenvalue weighted by molar-refractivity contribution is -0.121. The van der Waals surface area contributed by atoms with Gasteiger partial charge in [-0.1, -0.05) is 18.5 Å². The van der Waals surface area contributed by atoms with E-state index in [1.54, 1.807) is 14.0 Å². The highest BCUT2D eigenvalue weighted by Gasteiger charge is 2.14. The first-order valence-electron chi connectivity index (χ1n) is 5.83. The molecule has 3 N–H and O–H groups in total. The molecule has 0 fully saturated rings. The SMILES string of the molecule is CCCNC(=O)C(C)Nc1nc(NC)ncc1Cl. The van der Waals surface area contributed by atoms with Gasteiger partial charge in [0.15, 0.2) is 5.82 Å². The van der Waals surface area contributed by atoms with Crippen LogP contribution in [0, 0.1) is 0 Å². The fraction of sp³-hybridized carbons (Fsp3) is 0.545. The van der Waals surface area contributed by atoms with E-state index in [-0.39, 0.29) is 5.91 Å². The molecule has 1 rings (SSSR count). The zero-order valence-corrected chi connectivity index (χ0v) is 11.5. The second kappa shape index (κ2) is 7.00. The number of aromatic nitrogens is 2. The molecule has 7 heteroatoms. The van der Waals surface area contributed by atoms with Crippen LogP contribution in [0.25, 0.3) is 0 Å². The van der Waals surface area contributed by atoms with Gasteiger partial charge in [0, 0.05) is 13.6 Å². The average molecular weight is 272 g/mol. The Labute approximate surface area is 112 Å². The maximum absolute atomic E-state index is 11.7. The molecular weight excluding hydrogens is 254 g/mol. The fourth-order valence-electron chi connectivity index (χ4n) is 1.26. The smallest absolute Gasteiger partial charge is 0.242 e. The number of carbonyl (C=O) groups excluding carboxylic acids is 1. The van der Waals surface area contributed by atoms with Crippen molar-refractivity contribution in [3.63, 3.8) is 0 Å². The van der Waals surface area contributed by atoms with Gasteiger partial charge in [0.1, 0.15) is 11.1 Å². The molecule has 0 radical (unpaired) electrons. The summed E-state index contributed by atoms with van der Waals surface area (Å²) < 4.78 is 0. The van der Waals surface area contributed by atoms with E-state index in [1.807, 2.05) is 6.92 Å². The minimum Gasteiger partial charge on any atom is -0.357 e. The van der Waals surface area contributed by atoms with Crippen molar-refractivity contribution in [1.29, 1.82) is 0 Å². The highest BCUT2D eigenvalue weighted by molar-refractivity contribution is 6.32. The molecule has 0 aliphatic heterocycles. The molecule has 6 nitrogen and oxygen atoms in total. The Balaban J connectivity index is 2.68. The van der Waals surface area contributed by atoms with Crippen molar-refractivity contribution in [2.75, 3.05) is 24.2 Å². The third-order valence-electron chi connectivity index (χ3n) is 2.26. The normalized spacial score (nSPS) is 11.8. The summed E-state index contributed by atoms with van der Waals surface area (Å²) in [5, 5.41) is 8.94. The number of anilines is 2. The molecule has 1 heterocycles. The summed E-state index contributed by atoms with van der Waals surface area (Å²) in [6.07, 6.45) is 2.38. The monoisotopic (exact) mass is 271 g/mol.